The van der Waals surface area contributed by atoms with Gasteiger partial charge in [-0.3, -0.25) is 19.1 Å². The number of carbonyl (C=O) groups is 1. The number of piperazine rings is 1. The van der Waals surface area contributed by atoms with Crippen LogP contribution in [0.3, 0.4) is 0 Å². The van der Waals surface area contributed by atoms with E-state index < -0.39 is 15.7 Å². The van der Waals surface area contributed by atoms with Gasteiger partial charge in [0, 0.05) is 61.6 Å². The van der Waals surface area contributed by atoms with Crippen molar-refractivity contribution in [1.29, 1.82) is 0 Å². The van der Waals surface area contributed by atoms with Crippen molar-refractivity contribution in [1.82, 2.24) is 14.9 Å². The molecule has 0 aromatic carbocycles. The van der Waals surface area contributed by atoms with Crippen molar-refractivity contribution >= 4 is 46.4 Å². The van der Waals surface area contributed by atoms with E-state index in [0.29, 0.717) is 67.6 Å². The molecule has 28 heavy (non-hydrogen) atoms. The Morgan fingerprint density at radius 2 is 1.82 bits per heavy atom. The molecule has 2 aliphatic rings. The van der Waals surface area contributed by atoms with Crippen LogP contribution in [0.1, 0.15) is 13.3 Å². The van der Waals surface area contributed by atoms with Gasteiger partial charge >= 0.3 is 5.69 Å². The molecule has 0 saturated carbocycles. The summed E-state index contributed by atoms with van der Waals surface area (Å²) in [6, 6.07) is 0. The summed E-state index contributed by atoms with van der Waals surface area (Å²) < 4.78 is 11.7. The molecule has 0 radical (unpaired) electrons. The minimum Gasteiger partial charge on any atom is -0.349 e. The van der Waals surface area contributed by atoms with Gasteiger partial charge in [0.1, 0.15) is 0 Å². The maximum absolute atomic E-state index is 11.8. The van der Waals surface area contributed by atoms with Gasteiger partial charge in [0.25, 0.3) is 0 Å². The molecule has 0 N–H and O–H groups in total. The first-order valence-corrected chi connectivity index (χ1v) is 11.7. The van der Waals surface area contributed by atoms with Gasteiger partial charge in [-0.05, 0) is 12.2 Å². The van der Waals surface area contributed by atoms with Crippen LogP contribution >= 0.6 is 11.8 Å². The lowest BCUT2D eigenvalue weighted by atomic mass is 10.3. The monoisotopic (exact) mass is 428 g/mol. The summed E-state index contributed by atoms with van der Waals surface area (Å²) in [5, 5.41) is 12.2. The Balaban J connectivity index is 1.98. The van der Waals surface area contributed by atoms with E-state index in [1.165, 1.54) is 11.8 Å². The molecule has 12 heteroatoms. The molecule has 2 saturated heterocycles. The maximum Gasteiger partial charge on any atom is 0.343 e. The third-order valence-electron chi connectivity index (χ3n) is 4.67. The molecule has 2 aliphatic heterocycles. The highest BCUT2D eigenvalue weighted by atomic mass is 32.2. The molecule has 3 heterocycles. The van der Waals surface area contributed by atoms with E-state index >= 15 is 0 Å². The average molecular weight is 429 g/mol. The SMILES string of the molecule is CCCSc1nc(N2CCN(C=O)CC2)nc(N2CCS(=O)CC2)c1[N+](=O)[O-]. The third-order valence-corrected chi connectivity index (χ3v) is 7.12. The second kappa shape index (κ2) is 9.50. The van der Waals surface area contributed by atoms with Crippen LogP contribution < -0.4 is 9.80 Å². The normalized spacial score (nSPS) is 18.4. The summed E-state index contributed by atoms with van der Waals surface area (Å²) in [7, 11) is -0.886. The van der Waals surface area contributed by atoms with Gasteiger partial charge in [-0.25, -0.2) is 0 Å². The molecule has 0 atom stereocenters. The largest absolute Gasteiger partial charge is 0.349 e. The lowest BCUT2D eigenvalue weighted by molar-refractivity contribution is -0.387. The molecule has 0 spiro atoms. The molecule has 0 bridgehead atoms. The van der Waals surface area contributed by atoms with Crippen LogP contribution in [0, 0.1) is 10.1 Å². The second-order valence-electron chi connectivity index (χ2n) is 6.57. The minimum atomic E-state index is -0.886. The van der Waals surface area contributed by atoms with Crippen LogP contribution in [-0.4, -0.2) is 86.9 Å². The van der Waals surface area contributed by atoms with Gasteiger partial charge in [-0.1, -0.05) is 18.7 Å². The lowest BCUT2D eigenvalue weighted by Gasteiger charge is -2.33. The second-order valence-corrected chi connectivity index (χ2v) is 9.35. The average Bonchev–Trinajstić information content (AvgIpc) is 2.72. The van der Waals surface area contributed by atoms with E-state index in [2.05, 4.69) is 9.97 Å². The third kappa shape index (κ3) is 4.72. The van der Waals surface area contributed by atoms with Crippen molar-refractivity contribution in [2.75, 3.05) is 66.3 Å². The van der Waals surface area contributed by atoms with Gasteiger partial charge in [0.05, 0.1) is 4.92 Å². The topological polar surface area (TPSA) is 113 Å². The van der Waals surface area contributed by atoms with Gasteiger partial charge < -0.3 is 14.7 Å². The molecular weight excluding hydrogens is 404 g/mol. The predicted octanol–water partition coefficient (Wildman–Crippen LogP) is 0.734. The number of nitro groups is 1. The first kappa shape index (κ1) is 20.8. The first-order chi connectivity index (χ1) is 13.5. The number of thioether (sulfide) groups is 1. The Hall–Kier alpha value is -1.95. The van der Waals surface area contributed by atoms with Crippen molar-refractivity contribution in [2.24, 2.45) is 0 Å². The molecule has 154 valence electrons. The van der Waals surface area contributed by atoms with Gasteiger partial charge in [-0.15, -0.1) is 0 Å². The van der Waals surface area contributed by atoms with Crippen LogP contribution in [0.2, 0.25) is 0 Å². The molecule has 3 rings (SSSR count). The van der Waals surface area contributed by atoms with E-state index in [-0.39, 0.29) is 5.69 Å². The van der Waals surface area contributed by atoms with Crippen molar-refractivity contribution in [3.63, 3.8) is 0 Å². The molecule has 1 amide bonds. The Morgan fingerprint density at radius 1 is 1.14 bits per heavy atom. The van der Waals surface area contributed by atoms with E-state index in [0.717, 1.165) is 18.6 Å². The smallest absolute Gasteiger partial charge is 0.343 e. The summed E-state index contributed by atoms with van der Waals surface area (Å²) in [5.41, 5.74) is -0.0681. The van der Waals surface area contributed by atoms with E-state index in [1.807, 2.05) is 16.7 Å². The summed E-state index contributed by atoms with van der Waals surface area (Å²) >= 11 is 1.36. The Morgan fingerprint density at radius 3 is 2.39 bits per heavy atom. The van der Waals surface area contributed by atoms with Crippen LogP contribution in [-0.2, 0) is 15.6 Å². The van der Waals surface area contributed by atoms with Crippen molar-refractivity contribution in [3.8, 4) is 0 Å². The van der Waals surface area contributed by atoms with E-state index in [9.17, 15) is 19.1 Å². The minimum absolute atomic E-state index is 0.0681. The number of amides is 1. The lowest BCUT2D eigenvalue weighted by Crippen LogP contribution is -2.46. The number of rotatable bonds is 7. The highest BCUT2D eigenvalue weighted by Gasteiger charge is 2.32. The fraction of sp³-hybridized carbons (Fsp3) is 0.688. The highest BCUT2D eigenvalue weighted by Crippen LogP contribution is 2.37. The molecule has 0 unspecified atom stereocenters. The number of nitrogens with zero attached hydrogens (tertiary/aromatic N) is 6. The fourth-order valence-electron chi connectivity index (χ4n) is 3.11. The zero-order valence-electron chi connectivity index (χ0n) is 15.8. The summed E-state index contributed by atoms with van der Waals surface area (Å²) in [6.45, 7) is 5.26. The van der Waals surface area contributed by atoms with Gasteiger partial charge in [0.2, 0.25) is 18.2 Å². The van der Waals surface area contributed by atoms with Crippen LogP contribution in [0.5, 0.6) is 0 Å². The molecule has 10 nitrogen and oxygen atoms in total. The van der Waals surface area contributed by atoms with Gasteiger partial charge in [0.15, 0.2) is 5.03 Å². The zero-order valence-corrected chi connectivity index (χ0v) is 17.4. The summed E-state index contributed by atoms with van der Waals surface area (Å²) in [5.74, 6) is 2.44. The molecular formula is C16H24N6O4S2. The first-order valence-electron chi connectivity index (χ1n) is 9.27. The van der Waals surface area contributed by atoms with Crippen LogP contribution in [0.4, 0.5) is 17.5 Å². The number of hydrogen-bond acceptors (Lipinski definition) is 9. The number of anilines is 2. The Labute approximate surface area is 170 Å². The number of aromatic nitrogens is 2. The highest BCUT2D eigenvalue weighted by molar-refractivity contribution is 7.99. The molecule has 1 aromatic heterocycles. The summed E-state index contributed by atoms with van der Waals surface area (Å²) in [6.07, 6.45) is 1.70. The number of hydrogen-bond donors (Lipinski definition) is 0. The predicted molar refractivity (Wildman–Crippen MR) is 110 cm³/mol. The van der Waals surface area contributed by atoms with Crippen molar-refractivity contribution in [3.05, 3.63) is 10.1 Å². The fourth-order valence-corrected chi connectivity index (χ4v) is 5.01. The molecule has 1 aromatic rings. The molecule has 0 aliphatic carbocycles. The van der Waals surface area contributed by atoms with Crippen LogP contribution in [0.25, 0.3) is 0 Å². The standard InChI is InChI=1S/C16H24N6O4S2/c1-2-9-27-15-13(22(24)25)14(20-7-10-28(26)11-8-20)17-16(18-15)21-5-3-19(12-23)4-6-21/h12H,2-11H2,1H3. The van der Waals surface area contributed by atoms with Crippen LogP contribution in [0.15, 0.2) is 5.03 Å². The zero-order chi connectivity index (χ0) is 20.1. The summed E-state index contributed by atoms with van der Waals surface area (Å²) in [4.78, 5) is 37.0. The molecule has 2 fully saturated rings. The Kier molecular flexibility index (Phi) is 7.05. The quantitative estimate of drug-likeness (QED) is 0.204. The van der Waals surface area contributed by atoms with Crippen molar-refractivity contribution < 1.29 is 13.9 Å². The Bertz CT molecular complexity index is 747. The van der Waals surface area contributed by atoms with E-state index in [4.69, 9.17) is 0 Å². The number of carbonyl (C=O) groups excluding carboxylic acids is 1. The van der Waals surface area contributed by atoms with Gasteiger partial charge in [-0.2, -0.15) is 9.97 Å². The van der Waals surface area contributed by atoms with Crippen molar-refractivity contribution in [2.45, 2.75) is 18.4 Å². The van der Waals surface area contributed by atoms with E-state index in [1.54, 1.807) is 4.90 Å². The maximum atomic E-state index is 11.8.